The van der Waals surface area contributed by atoms with Gasteiger partial charge in [0, 0.05) is 25.0 Å². The van der Waals surface area contributed by atoms with Crippen molar-refractivity contribution < 1.29 is 4.79 Å². The molecule has 0 bridgehead atoms. The molecule has 3 heterocycles. The van der Waals surface area contributed by atoms with Crippen molar-refractivity contribution in [3.63, 3.8) is 0 Å². The van der Waals surface area contributed by atoms with E-state index in [1.807, 2.05) is 11.1 Å². The number of aromatic nitrogens is 3. The van der Waals surface area contributed by atoms with E-state index in [1.54, 1.807) is 23.0 Å². The first kappa shape index (κ1) is 12.1. The van der Waals surface area contributed by atoms with Gasteiger partial charge in [0.15, 0.2) is 5.65 Å². The predicted octanol–water partition coefficient (Wildman–Crippen LogP) is 1.99. The maximum atomic E-state index is 12.7. The van der Waals surface area contributed by atoms with Crippen LogP contribution in [-0.4, -0.2) is 38.0 Å². The summed E-state index contributed by atoms with van der Waals surface area (Å²) < 4.78 is 1.65. The summed E-state index contributed by atoms with van der Waals surface area (Å²) in [7, 11) is 0. The summed E-state index contributed by atoms with van der Waals surface area (Å²) in [5.41, 5.74) is 1.25. The average Bonchev–Trinajstić information content (AvgIpc) is 3.05. The molecule has 1 saturated heterocycles. The lowest BCUT2D eigenvalue weighted by atomic mass is 10.0. The van der Waals surface area contributed by atoms with E-state index in [4.69, 9.17) is 0 Å². The van der Waals surface area contributed by atoms with Crippen LogP contribution in [0, 0.1) is 5.92 Å². The van der Waals surface area contributed by atoms with Gasteiger partial charge in [-0.25, -0.2) is 9.50 Å². The highest BCUT2D eigenvalue weighted by Gasteiger charge is 2.32. The van der Waals surface area contributed by atoms with E-state index in [9.17, 15) is 4.79 Å². The molecule has 0 saturated carbocycles. The molecule has 100 valence electrons. The molecular weight excluding hydrogens is 240 g/mol. The third kappa shape index (κ3) is 1.99. The lowest BCUT2D eigenvalue weighted by Gasteiger charge is -2.27. The molecule has 1 fully saturated rings. The molecule has 1 aliphatic rings. The molecule has 19 heavy (non-hydrogen) atoms. The Morgan fingerprint density at radius 3 is 3.11 bits per heavy atom. The number of carbonyl (C=O) groups excluding carboxylic acids is 1. The monoisotopic (exact) mass is 258 g/mol. The van der Waals surface area contributed by atoms with Gasteiger partial charge in [0.05, 0.1) is 6.20 Å². The van der Waals surface area contributed by atoms with Crippen LogP contribution < -0.4 is 0 Å². The van der Waals surface area contributed by atoms with E-state index in [1.165, 1.54) is 0 Å². The zero-order valence-electron chi connectivity index (χ0n) is 11.3. The normalized spacial score (nSPS) is 19.5. The lowest BCUT2D eigenvalue weighted by molar-refractivity contribution is 0.0703. The summed E-state index contributed by atoms with van der Waals surface area (Å²) in [5, 5.41) is 4.19. The van der Waals surface area contributed by atoms with Gasteiger partial charge in [-0.15, -0.1) is 0 Å². The number of likely N-dealkylation sites (tertiary alicyclic amines) is 1. The Balaban J connectivity index is 1.95. The fourth-order valence-corrected chi connectivity index (χ4v) is 2.87. The highest BCUT2D eigenvalue weighted by molar-refractivity contribution is 5.99. The molecule has 1 aliphatic heterocycles. The van der Waals surface area contributed by atoms with Crippen molar-refractivity contribution in [2.75, 3.05) is 6.54 Å². The Bertz CT molecular complexity index is 604. The van der Waals surface area contributed by atoms with E-state index >= 15 is 0 Å². The van der Waals surface area contributed by atoms with Crippen LogP contribution in [0.3, 0.4) is 0 Å². The smallest absolute Gasteiger partial charge is 0.259 e. The average molecular weight is 258 g/mol. The van der Waals surface area contributed by atoms with Crippen LogP contribution in [-0.2, 0) is 0 Å². The van der Waals surface area contributed by atoms with E-state index in [2.05, 4.69) is 23.9 Å². The Morgan fingerprint density at radius 2 is 2.32 bits per heavy atom. The zero-order valence-corrected chi connectivity index (χ0v) is 11.3. The second-order valence-electron chi connectivity index (χ2n) is 5.40. The minimum atomic E-state index is 0.0601. The zero-order chi connectivity index (χ0) is 13.4. The first-order chi connectivity index (χ1) is 9.18. The van der Waals surface area contributed by atoms with Crippen LogP contribution in [0.4, 0.5) is 0 Å². The van der Waals surface area contributed by atoms with Crippen molar-refractivity contribution in [1.29, 1.82) is 0 Å². The van der Waals surface area contributed by atoms with Gasteiger partial charge in [-0.1, -0.05) is 13.8 Å². The quantitative estimate of drug-likeness (QED) is 0.827. The first-order valence-electron chi connectivity index (χ1n) is 6.78. The SMILES string of the molecule is CC(C)C1CCCN1C(=O)c1cnn2cccnc12. The van der Waals surface area contributed by atoms with E-state index in [0.29, 0.717) is 23.2 Å². The molecule has 5 nitrogen and oxygen atoms in total. The number of hydrogen-bond donors (Lipinski definition) is 0. The fourth-order valence-electron chi connectivity index (χ4n) is 2.87. The van der Waals surface area contributed by atoms with E-state index < -0.39 is 0 Å². The molecule has 2 aromatic heterocycles. The van der Waals surface area contributed by atoms with Crippen LogP contribution in [0.25, 0.3) is 5.65 Å². The summed E-state index contributed by atoms with van der Waals surface area (Å²) in [6, 6.07) is 2.15. The lowest BCUT2D eigenvalue weighted by Crippen LogP contribution is -2.38. The molecule has 0 aliphatic carbocycles. The maximum Gasteiger partial charge on any atom is 0.259 e. The number of nitrogens with zero attached hydrogens (tertiary/aromatic N) is 4. The van der Waals surface area contributed by atoms with Crippen LogP contribution in [0.1, 0.15) is 37.0 Å². The van der Waals surface area contributed by atoms with E-state index in [-0.39, 0.29) is 5.91 Å². The highest BCUT2D eigenvalue weighted by atomic mass is 16.2. The molecule has 3 rings (SSSR count). The van der Waals surface area contributed by atoms with Gasteiger partial charge in [-0.05, 0) is 24.8 Å². The molecule has 0 spiro atoms. The third-order valence-electron chi connectivity index (χ3n) is 3.84. The maximum absolute atomic E-state index is 12.7. The Morgan fingerprint density at radius 1 is 1.47 bits per heavy atom. The van der Waals surface area contributed by atoms with Gasteiger partial charge in [0.2, 0.25) is 0 Å². The Hall–Kier alpha value is -1.91. The predicted molar refractivity (Wildman–Crippen MR) is 71.9 cm³/mol. The van der Waals surface area contributed by atoms with Crippen LogP contribution in [0.2, 0.25) is 0 Å². The van der Waals surface area contributed by atoms with Crippen LogP contribution in [0.5, 0.6) is 0 Å². The number of fused-ring (bicyclic) bond motifs is 1. The van der Waals surface area contributed by atoms with Crippen molar-refractivity contribution in [2.45, 2.75) is 32.7 Å². The summed E-state index contributed by atoms with van der Waals surface area (Å²) in [6.07, 6.45) is 7.30. The number of carbonyl (C=O) groups is 1. The van der Waals surface area contributed by atoms with Gasteiger partial charge in [0.25, 0.3) is 5.91 Å². The molecule has 0 radical (unpaired) electrons. The molecule has 2 aromatic rings. The minimum absolute atomic E-state index is 0.0601. The molecule has 0 aromatic carbocycles. The molecular formula is C14H18N4O. The number of amides is 1. The van der Waals surface area contributed by atoms with E-state index in [0.717, 1.165) is 19.4 Å². The number of hydrogen-bond acceptors (Lipinski definition) is 3. The summed E-state index contributed by atoms with van der Waals surface area (Å²) >= 11 is 0. The van der Waals surface area contributed by atoms with Gasteiger partial charge in [0.1, 0.15) is 5.56 Å². The third-order valence-corrected chi connectivity index (χ3v) is 3.84. The first-order valence-corrected chi connectivity index (χ1v) is 6.78. The van der Waals surface area contributed by atoms with Crippen molar-refractivity contribution in [1.82, 2.24) is 19.5 Å². The Kier molecular flexibility index (Phi) is 2.97. The topological polar surface area (TPSA) is 50.5 Å². The second kappa shape index (κ2) is 4.64. The minimum Gasteiger partial charge on any atom is -0.335 e. The summed E-state index contributed by atoms with van der Waals surface area (Å²) in [5.74, 6) is 0.547. The highest BCUT2D eigenvalue weighted by Crippen LogP contribution is 2.26. The molecule has 1 unspecified atom stereocenters. The summed E-state index contributed by atoms with van der Waals surface area (Å²) in [6.45, 7) is 5.18. The van der Waals surface area contributed by atoms with Gasteiger partial charge >= 0.3 is 0 Å². The van der Waals surface area contributed by atoms with Crippen LogP contribution in [0.15, 0.2) is 24.7 Å². The van der Waals surface area contributed by atoms with Gasteiger partial charge in [-0.2, -0.15) is 5.10 Å². The van der Waals surface area contributed by atoms with Crippen molar-refractivity contribution >= 4 is 11.6 Å². The van der Waals surface area contributed by atoms with Crippen molar-refractivity contribution in [2.24, 2.45) is 5.92 Å². The van der Waals surface area contributed by atoms with Gasteiger partial charge in [-0.3, -0.25) is 4.79 Å². The Labute approximate surface area is 112 Å². The second-order valence-corrected chi connectivity index (χ2v) is 5.40. The number of rotatable bonds is 2. The molecule has 0 N–H and O–H groups in total. The molecule has 1 amide bonds. The van der Waals surface area contributed by atoms with Crippen molar-refractivity contribution in [3.05, 3.63) is 30.2 Å². The largest absolute Gasteiger partial charge is 0.335 e. The fraction of sp³-hybridized carbons (Fsp3) is 0.500. The standard InChI is InChI=1S/C14H18N4O/c1-10(2)12-5-3-7-17(12)14(19)11-9-16-18-8-4-6-15-13(11)18/h4,6,8-10,12H,3,5,7H2,1-2H3. The van der Waals surface area contributed by atoms with Gasteiger partial charge < -0.3 is 4.90 Å². The van der Waals surface area contributed by atoms with Crippen molar-refractivity contribution in [3.8, 4) is 0 Å². The van der Waals surface area contributed by atoms with Crippen LogP contribution >= 0.6 is 0 Å². The molecule has 1 atom stereocenters. The molecule has 5 heteroatoms. The summed E-state index contributed by atoms with van der Waals surface area (Å²) in [4.78, 5) is 18.9.